The van der Waals surface area contributed by atoms with Gasteiger partial charge in [0.25, 0.3) is 0 Å². The van der Waals surface area contributed by atoms with Gasteiger partial charge in [-0.25, -0.2) is 0 Å². The Morgan fingerprint density at radius 1 is 1.05 bits per heavy atom. The quantitative estimate of drug-likeness (QED) is 0.912. The van der Waals surface area contributed by atoms with E-state index in [1.807, 2.05) is 24.3 Å². The fraction of sp³-hybridized carbons (Fsp3) is 0.250. The minimum atomic E-state index is 0.0467. The third-order valence-electron chi connectivity index (χ3n) is 2.16. The van der Waals surface area contributed by atoms with Gasteiger partial charge in [0, 0.05) is 5.69 Å². The van der Waals surface area contributed by atoms with Crippen molar-refractivity contribution in [2.24, 2.45) is 0 Å². The number of hydrogen-bond acceptors (Lipinski definition) is 5. The lowest BCUT2D eigenvalue weighted by Crippen LogP contribution is -1.99. The summed E-state index contributed by atoms with van der Waals surface area (Å²) in [6.45, 7) is 2.76. The van der Waals surface area contributed by atoms with Crippen molar-refractivity contribution in [3.8, 4) is 5.75 Å². The summed E-state index contributed by atoms with van der Waals surface area (Å²) in [7, 11) is 0. The fourth-order valence-corrected chi connectivity index (χ4v) is 1.73. The molecule has 7 heteroatoms. The van der Waals surface area contributed by atoms with Gasteiger partial charge in [0.05, 0.1) is 6.61 Å². The highest BCUT2D eigenvalue weighted by atomic mass is 35.5. The molecule has 0 aliphatic carbocycles. The van der Waals surface area contributed by atoms with Crippen molar-refractivity contribution in [2.45, 2.75) is 13.3 Å². The highest BCUT2D eigenvalue weighted by Gasteiger charge is 2.03. The second kappa shape index (κ2) is 6.54. The molecular formula is C12H12Cl2N4O. The number of ether oxygens (including phenoxy) is 1. The fourth-order valence-electron chi connectivity index (χ4n) is 1.37. The molecule has 2 rings (SSSR count). The largest absolute Gasteiger partial charge is 0.494 e. The first kappa shape index (κ1) is 13.8. The van der Waals surface area contributed by atoms with E-state index < -0.39 is 0 Å². The van der Waals surface area contributed by atoms with Crippen molar-refractivity contribution in [1.82, 2.24) is 15.0 Å². The summed E-state index contributed by atoms with van der Waals surface area (Å²) in [4.78, 5) is 11.5. The molecule has 0 spiro atoms. The molecule has 100 valence electrons. The topological polar surface area (TPSA) is 59.9 Å². The van der Waals surface area contributed by atoms with Crippen molar-refractivity contribution < 1.29 is 4.74 Å². The number of benzene rings is 1. The first-order valence-electron chi connectivity index (χ1n) is 5.74. The van der Waals surface area contributed by atoms with Crippen LogP contribution in [0.3, 0.4) is 0 Å². The van der Waals surface area contributed by atoms with E-state index in [-0.39, 0.29) is 10.6 Å². The van der Waals surface area contributed by atoms with Gasteiger partial charge < -0.3 is 10.1 Å². The Labute approximate surface area is 121 Å². The summed E-state index contributed by atoms with van der Waals surface area (Å²) < 4.78 is 5.49. The summed E-state index contributed by atoms with van der Waals surface area (Å²) in [5.74, 6) is 1.12. The Kier molecular flexibility index (Phi) is 4.76. The van der Waals surface area contributed by atoms with Crippen LogP contribution in [-0.2, 0) is 0 Å². The molecule has 0 amide bonds. The first-order valence-corrected chi connectivity index (χ1v) is 6.50. The number of halogens is 2. The lowest BCUT2D eigenvalue weighted by molar-refractivity contribution is 0.317. The first-order chi connectivity index (χ1) is 9.17. The smallest absolute Gasteiger partial charge is 0.232 e. The third-order valence-corrected chi connectivity index (χ3v) is 2.50. The molecule has 0 fully saturated rings. The van der Waals surface area contributed by atoms with Gasteiger partial charge in [0.15, 0.2) is 0 Å². The average molecular weight is 299 g/mol. The number of hydrogen-bond donors (Lipinski definition) is 1. The van der Waals surface area contributed by atoms with E-state index in [2.05, 4.69) is 27.2 Å². The van der Waals surface area contributed by atoms with E-state index in [0.717, 1.165) is 17.9 Å². The van der Waals surface area contributed by atoms with Crippen LogP contribution in [-0.4, -0.2) is 21.6 Å². The van der Waals surface area contributed by atoms with Gasteiger partial charge in [-0.3, -0.25) is 0 Å². The van der Waals surface area contributed by atoms with Gasteiger partial charge in [-0.15, -0.1) is 0 Å². The van der Waals surface area contributed by atoms with Gasteiger partial charge >= 0.3 is 0 Å². The second-order valence-corrected chi connectivity index (χ2v) is 4.37. The minimum absolute atomic E-state index is 0.0467. The monoisotopic (exact) mass is 298 g/mol. The number of nitrogens with zero attached hydrogens (tertiary/aromatic N) is 3. The Hall–Kier alpha value is -1.59. The van der Waals surface area contributed by atoms with E-state index in [1.54, 1.807) is 0 Å². The molecule has 0 radical (unpaired) electrons. The van der Waals surface area contributed by atoms with Gasteiger partial charge in [-0.1, -0.05) is 6.92 Å². The Morgan fingerprint density at radius 2 is 1.68 bits per heavy atom. The molecule has 0 aliphatic rings. The van der Waals surface area contributed by atoms with Crippen LogP contribution in [0.25, 0.3) is 0 Å². The van der Waals surface area contributed by atoms with Gasteiger partial charge in [-0.05, 0) is 53.9 Å². The molecule has 0 saturated carbocycles. The summed E-state index contributed by atoms with van der Waals surface area (Å²) in [6, 6.07) is 7.44. The molecule has 0 atom stereocenters. The van der Waals surface area contributed by atoms with Crippen LogP contribution in [0.15, 0.2) is 24.3 Å². The van der Waals surface area contributed by atoms with Crippen LogP contribution in [0.2, 0.25) is 10.6 Å². The Morgan fingerprint density at radius 3 is 2.26 bits per heavy atom. The predicted molar refractivity (Wildman–Crippen MR) is 75.4 cm³/mol. The normalized spacial score (nSPS) is 10.3. The highest BCUT2D eigenvalue weighted by molar-refractivity contribution is 6.31. The van der Waals surface area contributed by atoms with Crippen molar-refractivity contribution in [3.05, 3.63) is 34.8 Å². The van der Waals surface area contributed by atoms with Crippen molar-refractivity contribution in [2.75, 3.05) is 11.9 Å². The number of rotatable bonds is 5. The zero-order valence-electron chi connectivity index (χ0n) is 10.2. The maximum Gasteiger partial charge on any atom is 0.232 e. The SMILES string of the molecule is CCCOc1ccc(Nc2nc(Cl)nc(Cl)n2)cc1. The standard InChI is InChI=1S/C12H12Cl2N4O/c1-2-7-19-9-5-3-8(4-6-9)15-12-17-10(13)16-11(14)18-12/h3-6H,2,7H2,1H3,(H,15,16,17,18). The van der Waals surface area contributed by atoms with Gasteiger partial charge in [0.2, 0.25) is 16.5 Å². The maximum absolute atomic E-state index is 5.69. The average Bonchev–Trinajstić information content (AvgIpc) is 2.37. The molecule has 1 aromatic heterocycles. The van der Waals surface area contributed by atoms with Gasteiger partial charge in [-0.2, -0.15) is 15.0 Å². The van der Waals surface area contributed by atoms with E-state index in [9.17, 15) is 0 Å². The van der Waals surface area contributed by atoms with Crippen LogP contribution < -0.4 is 10.1 Å². The van der Waals surface area contributed by atoms with E-state index in [1.165, 1.54) is 0 Å². The maximum atomic E-state index is 5.69. The number of nitrogens with one attached hydrogen (secondary N) is 1. The molecule has 5 nitrogen and oxygen atoms in total. The third kappa shape index (κ3) is 4.22. The molecule has 0 aliphatic heterocycles. The van der Waals surface area contributed by atoms with Crippen molar-refractivity contribution in [1.29, 1.82) is 0 Å². The van der Waals surface area contributed by atoms with Crippen molar-refractivity contribution >= 4 is 34.8 Å². The lowest BCUT2D eigenvalue weighted by atomic mass is 10.3. The zero-order chi connectivity index (χ0) is 13.7. The Balaban J connectivity index is 2.06. The predicted octanol–water partition coefficient (Wildman–Crippen LogP) is 3.71. The van der Waals surface area contributed by atoms with Crippen LogP contribution in [0.1, 0.15) is 13.3 Å². The number of anilines is 2. The van der Waals surface area contributed by atoms with E-state index >= 15 is 0 Å². The molecule has 0 bridgehead atoms. The molecule has 0 saturated heterocycles. The summed E-state index contributed by atoms with van der Waals surface area (Å²) in [6.07, 6.45) is 0.974. The van der Waals surface area contributed by atoms with E-state index in [0.29, 0.717) is 12.6 Å². The van der Waals surface area contributed by atoms with Crippen LogP contribution in [0.5, 0.6) is 5.75 Å². The highest BCUT2D eigenvalue weighted by Crippen LogP contribution is 2.19. The molecule has 0 unspecified atom stereocenters. The molecule has 1 aromatic carbocycles. The number of aromatic nitrogens is 3. The van der Waals surface area contributed by atoms with Crippen LogP contribution in [0, 0.1) is 0 Å². The van der Waals surface area contributed by atoms with Gasteiger partial charge in [0.1, 0.15) is 5.75 Å². The Bertz CT molecular complexity index is 528. The molecule has 1 heterocycles. The molecule has 2 aromatic rings. The van der Waals surface area contributed by atoms with Crippen LogP contribution in [0.4, 0.5) is 11.6 Å². The molecule has 19 heavy (non-hydrogen) atoms. The lowest BCUT2D eigenvalue weighted by Gasteiger charge is -2.07. The van der Waals surface area contributed by atoms with Crippen LogP contribution >= 0.6 is 23.2 Å². The molecular weight excluding hydrogens is 287 g/mol. The minimum Gasteiger partial charge on any atom is -0.494 e. The molecule has 1 N–H and O–H groups in total. The summed E-state index contributed by atoms with van der Waals surface area (Å²) >= 11 is 11.4. The zero-order valence-corrected chi connectivity index (χ0v) is 11.7. The second-order valence-electron chi connectivity index (χ2n) is 3.69. The van der Waals surface area contributed by atoms with Crippen molar-refractivity contribution in [3.63, 3.8) is 0 Å². The summed E-state index contributed by atoms with van der Waals surface area (Å²) in [5, 5.41) is 3.08. The summed E-state index contributed by atoms with van der Waals surface area (Å²) in [5.41, 5.74) is 0.808. The van der Waals surface area contributed by atoms with E-state index in [4.69, 9.17) is 27.9 Å².